The molecule has 0 amide bonds. The van der Waals surface area contributed by atoms with E-state index in [0.29, 0.717) is 5.41 Å². The van der Waals surface area contributed by atoms with Gasteiger partial charge >= 0.3 is 0 Å². The molecule has 3 heteroatoms. The third kappa shape index (κ3) is 7.32. The lowest BCUT2D eigenvalue weighted by Crippen LogP contribution is -2.25. The standard InChI is InChI=1S/C18H30BrNO/c1-14(2)13-20-11-10-18(3,4)9-8-15-6-7-17(21-5)16(19)12-15/h6-7,12,14,20H,8-11,13H2,1-5H3. The Morgan fingerprint density at radius 3 is 2.52 bits per heavy atom. The highest BCUT2D eigenvalue weighted by Gasteiger charge is 2.17. The van der Waals surface area contributed by atoms with Gasteiger partial charge in [-0.05, 0) is 77.3 Å². The first-order valence-corrected chi connectivity index (χ1v) is 8.66. The van der Waals surface area contributed by atoms with Crippen LogP contribution in [0.3, 0.4) is 0 Å². The molecule has 0 heterocycles. The summed E-state index contributed by atoms with van der Waals surface area (Å²) in [5.41, 5.74) is 1.74. The zero-order chi connectivity index (χ0) is 15.9. The molecule has 0 aliphatic carbocycles. The Morgan fingerprint density at radius 2 is 1.95 bits per heavy atom. The van der Waals surface area contributed by atoms with E-state index in [1.807, 2.05) is 6.07 Å². The maximum atomic E-state index is 5.27. The maximum Gasteiger partial charge on any atom is 0.133 e. The Bertz CT molecular complexity index is 429. The highest BCUT2D eigenvalue weighted by Crippen LogP contribution is 2.30. The van der Waals surface area contributed by atoms with Gasteiger partial charge in [-0.2, -0.15) is 0 Å². The van der Waals surface area contributed by atoms with E-state index in [-0.39, 0.29) is 0 Å². The third-order valence-corrected chi connectivity index (χ3v) is 4.46. The number of aryl methyl sites for hydroxylation is 1. The molecular formula is C18H30BrNO. The van der Waals surface area contributed by atoms with E-state index in [2.05, 4.69) is 61.1 Å². The molecule has 120 valence electrons. The van der Waals surface area contributed by atoms with Crippen molar-refractivity contribution in [2.75, 3.05) is 20.2 Å². The molecule has 21 heavy (non-hydrogen) atoms. The largest absolute Gasteiger partial charge is 0.496 e. The van der Waals surface area contributed by atoms with Crippen LogP contribution in [0.1, 0.15) is 46.1 Å². The van der Waals surface area contributed by atoms with E-state index in [0.717, 1.165) is 35.7 Å². The lowest BCUT2D eigenvalue weighted by atomic mass is 9.83. The van der Waals surface area contributed by atoms with Crippen LogP contribution in [-0.4, -0.2) is 20.2 Å². The van der Waals surface area contributed by atoms with Crippen LogP contribution in [0.2, 0.25) is 0 Å². The molecule has 0 saturated heterocycles. The lowest BCUT2D eigenvalue weighted by Gasteiger charge is -2.25. The van der Waals surface area contributed by atoms with Crippen molar-refractivity contribution < 1.29 is 4.74 Å². The van der Waals surface area contributed by atoms with Crippen LogP contribution in [0.4, 0.5) is 0 Å². The molecule has 0 aromatic heterocycles. The summed E-state index contributed by atoms with van der Waals surface area (Å²) < 4.78 is 6.32. The second kappa shape index (κ2) is 8.79. The summed E-state index contributed by atoms with van der Waals surface area (Å²) in [6, 6.07) is 6.37. The van der Waals surface area contributed by atoms with Gasteiger partial charge in [0.05, 0.1) is 11.6 Å². The zero-order valence-corrected chi connectivity index (χ0v) is 15.7. The van der Waals surface area contributed by atoms with E-state index in [1.54, 1.807) is 7.11 Å². The number of hydrogen-bond donors (Lipinski definition) is 1. The fourth-order valence-electron chi connectivity index (χ4n) is 2.29. The summed E-state index contributed by atoms with van der Waals surface area (Å²) in [6.45, 7) is 11.4. The predicted octanol–water partition coefficient (Wildman–Crippen LogP) is 5.05. The molecule has 0 saturated carbocycles. The molecule has 0 aliphatic heterocycles. The SMILES string of the molecule is COc1ccc(CCC(C)(C)CCNCC(C)C)cc1Br. The molecule has 0 spiro atoms. The Kier molecular flexibility index (Phi) is 7.75. The fraction of sp³-hybridized carbons (Fsp3) is 0.667. The summed E-state index contributed by atoms with van der Waals surface area (Å²) >= 11 is 3.56. The van der Waals surface area contributed by atoms with Gasteiger partial charge in [0, 0.05) is 0 Å². The summed E-state index contributed by atoms with van der Waals surface area (Å²) in [5, 5.41) is 3.54. The molecule has 0 atom stereocenters. The minimum Gasteiger partial charge on any atom is -0.496 e. The molecule has 0 unspecified atom stereocenters. The summed E-state index contributed by atoms with van der Waals surface area (Å²) in [7, 11) is 1.70. The van der Waals surface area contributed by atoms with Crippen molar-refractivity contribution in [2.45, 2.75) is 47.0 Å². The minimum atomic E-state index is 0.371. The molecule has 2 nitrogen and oxygen atoms in total. The van der Waals surface area contributed by atoms with Gasteiger partial charge in [0.1, 0.15) is 5.75 Å². The molecular weight excluding hydrogens is 326 g/mol. The summed E-state index contributed by atoms with van der Waals surface area (Å²) in [6.07, 6.45) is 3.53. The van der Waals surface area contributed by atoms with E-state index >= 15 is 0 Å². The Balaban J connectivity index is 2.40. The van der Waals surface area contributed by atoms with Crippen LogP contribution in [-0.2, 0) is 6.42 Å². The molecule has 0 aliphatic rings. The average molecular weight is 356 g/mol. The number of nitrogens with one attached hydrogen (secondary N) is 1. The summed E-state index contributed by atoms with van der Waals surface area (Å²) in [4.78, 5) is 0. The number of methoxy groups -OCH3 is 1. The maximum absolute atomic E-state index is 5.27. The highest BCUT2D eigenvalue weighted by atomic mass is 79.9. The first-order valence-electron chi connectivity index (χ1n) is 7.87. The highest BCUT2D eigenvalue weighted by molar-refractivity contribution is 9.10. The molecule has 1 aromatic carbocycles. The number of hydrogen-bond acceptors (Lipinski definition) is 2. The van der Waals surface area contributed by atoms with Crippen LogP contribution in [0.25, 0.3) is 0 Å². The van der Waals surface area contributed by atoms with E-state index in [1.165, 1.54) is 18.4 Å². The van der Waals surface area contributed by atoms with Gasteiger partial charge in [-0.15, -0.1) is 0 Å². The molecule has 0 fully saturated rings. The number of ether oxygens (including phenoxy) is 1. The van der Waals surface area contributed by atoms with Crippen molar-refractivity contribution >= 4 is 15.9 Å². The van der Waals surface area contributed by atoms with Gasteiger partial charge in [0.15, 0.2) is 0 Å². The Morgan fingerprint density at radius 1 is 1.24 bits per heavy atom. The quantitative estimate of drug-likeness (QED) is 0.625. The first-order chi connectivity index (χ1) is 9.84. The van der Waals surface area contributed by atoms with Crippen molar-refractivity contribution in [3.8, 4) is 5.75 Å². The van der Waals surface area contributed by atoms with Crippen molar-refractivity contribution in [3.63, 3.8) is 0 Å². The molecule has 0 radical (unpaired) electrons. The van der Waals surface area contributed by atoms with Crippen LogP contribution in [0.15, 0.2) is 22.7 Å². The van der Waals surface area contributed by atoms with Gasteiger partial charge in [0.2, 0.25) is 0 Å². The number of benzene rings is 1. The van der Waals surface area contributed by atoms with E-state index in [4.69, 9.17) is 4.74 Å². The monoisotopic (exact) mass is 355 g/mol. The van der Waals surface area contributed by atoms with Crippen LogP contribution >= 0.6 is 15.9 Å². The van der Waals surface area contributed by atoms with E-state index in [9.17, 15) is 0 Å². The molecule has 1 aromatic rings. The fourth-order valence-corrected chi connectivity index (χ4v) is 2.88. The Hall–Kier alpha value is -0.540. The van der Waals surface area contributed by atoms with Crippen LogP contribution in [0.5, 0.6) is 5.75 Å². The summed E-state index contributed by atoms with van der Waals surface area (Å²) in [5.74, 6) is 1.63. The molecule has 1 N–H and O–H groups in total. The smallest absolute Gasteiger partial charge is 0.133 e. The molecule has 0 bridgehead atoms. The van der Waals surface area contributed by atoms with Gasteiger partial charge in [-0.1, -0.05) is 33.8 Å². The third-order valence-electron chi connectivity index (χ3n) is 3.84. The normalized spacial score (nSPS) is 12.0. The molecule has 1 rings (SSSR count). The van der Waals surface area contributed by atoms with Gasteiger partial charge in [-0.3, -0.25) is 0 Å². The topological polar surface area (TPSA) is 21.3 Å². The lowest BCUT2D eigenvalue weighted by molar-refractivity contribution is 0.300. The average Bonchev–Trinajstić information content (AvgIpc) is 2.41. The van der Waals surface area contributed by atoms with Crippen molar-refractivity contribution in [3.05, 3.63) is 28.2 Å². The number of rotatable bonds is 9. The van der Waals surface area contributed by atoms with Gasteiger partial charge in [0.25, 0.3) is 0 Å². The van der Waals surface area contributed by atoms with Crippen molar-refractivity contribution in [1.82, 2.24) is 5.32 Å². The second-order valence-electron chi connectivity index (χ2n) is 6.98. The Labute approximate surface area is 138 Å². The second-order valence-corrected chi connectivity index (χ2v) is 7.84. The minimum absolute atomic E-state index is 0.371. The van der Waals surface area contributed by atoms with Crippen LogP contribution < -0.4 is 10.1 Å². The van der Waals surface area contributed by atoms with Crippen molar-refractivity contribution in [1.29, 1.82) is 0 Å². The van der Waals surface area contributed by atoms with E-state index < -0.39 is 0 Å². The van der Waals surface area contributed by atoms with Gasteiger partial charge < -0.3 is 10.1 Å². The zero-order valence-electron chi connectivity index (χ0n) is 14.1. The first kappa shape index (κ1) is 18.5. The van der Waals surface area contributed by atoms with Crippen molar-refractivity contribution in [2.24, 2.45) is 11.3 Å². The predicted molar refractivity (Wildman–Crippen MR) is 95.1 cm³/mol. The number of halogens is 1. The van der Waals surface area contributed by atoms with Gasteiger partial charge in [-0.25, -0.2) is 0 Å². The van der Waals surface area contributed by atoms with Crippen LogP contribution in [0, 0.1) is 11.3 Å².